The van der Waals surface area contributed by atoms with Gasteiger partial charge in [0.15, 0.2) is 5.82 Å². The topological polar surface area (TPSA) is 73.3 Å². The van der Waals surface area contributed by atoms with Crippen LogP contribution in [0.25, 0.3) is 11.4 Å². The minimum atomic E-state index is 0.111. The van der Waals surface area contributed by atoms with Gasteiger partial charge in [0.2, 0.25) is 0 Å². The molecule has 2 aliphatic heterocycles. The number of aliphatic imine (C=N–C) groups is 1. The summed E-state index contributed by atoms with van der Waals surface area (Å²) in [5.74, 6) is 1.66. The van der Waals surface area contributed by atoms with E-state index in [0.29, 0.717) is 5.82 Å². The van der Waals surface area contributed by atoms with Crippen molar-refractivity contribution in [2.45, 2.75) is 25.8 Å². The number of hydrogen-bond donors (Lipinski definition) is 1. The van der Waals surface area contributed by atoms with Crippen molar-refractivity contribution >= 4 is 6.21 Å². The summed E-state index contributed by atoms with van der Waals surface area (Å²) in [5, 5.41) is 18.5. The number of benzene rings is 1. The largest absolute Gasteiger partial charge is 0.290 e. The minimum Gasteiger partial charge on any atom is -0.290 e. The van der Waals surface area contributed by atoms with Crippen LogP contribution >= 0.6 is 0 Å². The summed E-state index contributed by atoms with van der Waals surface area (Å²) in [4.78, 5) is 4.58. The van der Waals surface area contributed by atoms with Gasteiger partial charge in [-0.3, -0.25) is 10.0 Å². The molecule has 7 nitrogen and oxygen atoms in total. The van der Waals surface area contributed by atoms with E-state index in [-0.39, 0.29) is 6.04 Å². The number of nitrogens with zero attached hydrogens (tertiary/aromatic N) is 6. The molecule has 1 N–H and O–H groups in total. The maximum atomic E-state index is 4.58. The average molecular weight is 321 g/mol. The predicted octanol–water partition coefficient (Wildman–Crippen LogP) is 2.68. The lowest BCUT2D eigenvalue weighted by atomic mass is 10.1. The molecule has 1 aromatic carbocycles. The summed E-state index contributed by atoms with van der Waals surface area (Å²) in [6.45, 7) is 3.20. The molecule has 3 heterocycles. The van der Waals surface area contributed by atoms with Crippen LogP contribution in [0.3, 0.4) is 0 Å². The Morgan fingerprint density at radius 3 is 2.83 bits per heavy atom. The van der Waals surface area contributed by atoms with Gasteiger partial charge in [-0.25, -0.2) is 10.1 Å². The van der Waals surface area contributed by atoms with Crippen molar-refractivity contribution in [3.63, 3.8) is 0 Å². The van der Waals surface area contributed by atoms with Crippen LogP contribution in [0.5, 0.6) is 0 Å². The van der Waals surface area contributed by atoms with Gasteiger partial charge in [-0.1, -0.05) is 37.6 Å². The Balaban J connectivity index is 1.58. The number of aromatic nitrogens is 4. The van der Waals surface area contributed by atoms with Gasteiger partial charge >= 0.3 is 0 Å². The van der Waals surface area contributed by atoms with E-state index in [2.05, 4.69) is 67.0 Å². The summed E-state index contributed by atoms with van der Waals surface area (Å²) >= 11 is 0. The molecule has 0 aliphatic carbocycles. The second-order valence-corrected chi connectivity index (χ2v) is 5.82. The van der Waals surface area contributed by atoms with E-state index in [1.807, 2.05) is 24.4 Å². The van der Waals surface area contributed by atoms with E-state index in [0.717, 1.165) is 24.4 Å². The number of allylic oxidation sites excluding steroid dienone is 2. The van der Waals surface area contributed by atoms with Crippen LogP contribution in [0, 0.1) is 0 Å². The number of unbranched alkanes of at least 4 members (excludes halogenated alkanes) is 1. The summed E-state index contributed by atoms with van der Waals surface area (Å²) < 4.78 is 0. The van der Waals surface area contributed by atoms with Gasteiger partial charge in [-0.05, 0) is 34.6 Å². The second-order valence-electron chi connectivity index (χ2n) is 5.82. The van der Waals surface area contributed by atoms with E-state index in [1.165, 1.54) is 12.0 Å². The van der Waals surface area contributed by atoms with Gasteiger partial charge in [0.1, 0.15) is 11.9 Å². The lowest BCUT2D eigenvalue weighted by Crippen LogP contribution is -2.40. The lowest BCUT2D eigenvalue weighted by Gasteiger charge is -2.38. The first kappa shape index (κ1) is 14.6. The third kappa shape index (κ3) is 2.58. The fourth-order valence-electron chi connectivity index (χ4n) is 2.97. The van der Waals surface area contributed by atoms with Gasteiger partial charge in [0.25, 0.3) is 0 Å². The molecule has 7 heteroatoms. The first-order valence-electron chi connectivity index (χ1n) is 8.19. The first-order chi connectivity index (χ1) is 11.9. The molecular weight excluding hydrogens is 302 g/mol. The number of hydrogen-bond acceptors (Lipinski definition) is 6. The number of H-pyrrole nitrogens is 1. The monoisotopic (exact) mass is 321 g/mol. The van der Waals surface area contributed by atoms with Crippen LogP contribution in [0.4, 0.5) is 0 Å². The van der Waals surface area contributed by atoms with E-state index in [4.69, 9.17) is 0 Å². The Hall–Kier alpha value is -2.96. The molecule has 2 aliphatic rings. The van der Waals surface area contributed by atoms with Crippen molar-refractivity contribution in [2.24, 2.45) is 4.99 Å². The highest BCUT2D eigenvalue weighted by Gasteiger charge is 2.30. The zero-order chi connectivity index (χ0) is 16.4. The molecular formula is C17H19N7. The summed E-state index contributed by atoms with van der Waals surface area (Å²) in [6.07, 6.45) is 10.5. The Morgan fingerprint density at radius 2 is 2.08 bits per heavy atom. The molecule has 0 saturated carbocycles. The third-order valence-corrected chi connectivity index (χ3v) is 4.24. The number of rotatable bonds is 5. The van der Waals surface area contributed by atoms with Gasteiger partial charge in [-0.2, -0.15) is 0 Å². The summed E-state index contributed by atoms with van der Waals surface area (Å²) in [5.41, 5.74) is 2.16. The smallest absolute Gasteiger partial charge is 0.179 e. The van der Waals surface area contributed by atoms with Crippen LogP contribution in [0.1, 0.15) is 31.4 Å². The van der Waals surface area contributed by atoms with E-state index < -0.39 is 0 Å². The molecule has 24 heavy (non-hydrogen) atoms. The Morgan fingerprint density at radius 1 is 1.21 bits per heavy atom. The average Bonchev–Trinajstić information content (AvgIpc) is 3.30. The molecule has 0 spiro atoms. The van der Waals surface area contributed by atoms with Crippen LogP contribution < -0.4 is 0 Å². The molecule has 1 atom stereocenters. The van der Waals surface area contributed by atoms with Crippen LogP contribution in [0.2, 0.25) is 0 Å². The van der Waals surface area contributed by atoms with Crippen molar-refractivity contribution in [3.05, 3.63) is 54.0 Å². The zero-order valence-electron chi connectivity index (χ0n) is 13.5. The zero-order valence-corrected chi connectivity index (χ0v) is 13.5. The lowest BCUT2D eigenvalue weighted by molar-refractivity contribution is 0.0437. The number of nitrogens with one attached hydrogen (secondary N) is 1. The van der Waals surface area contributed by atoms with Gasteiger partial charge in [0.05, 0.1) is 0 Å². The summed E-state index contributed by atoms with van der Waals surface area (Å²) in [7, 11) is 0. The molecule has 0 fully saturated rings. The van der Waals surface area contributed by atoms with Crippen LogP contribution in [-0.2, 0) is 0 Å². The maximum Gasteiger partial charge on any atom is 0.179 e. The Kier molecular flexibility index (Phi) is 3.82. The van der Waals surface area contributed by atoms with Crippen molar-refractivity contribution in [3.8, 4) is 11.4 Å². The van der Waals surface area contributed by atoms with Gasteiger partial charge < -0.3 is 0 Å². The fourth-order valence-corrected chi connectivity index (χ4v) is 2.97. The quantitative estimate of drug-likeness (QED) is 0.916. The molecule has 4 rings (SSSR count). The molecule has 1 unspecified atom stereocenters. The second kappa shape index (κ2) is 6.27. The summed E-state index contributed by atoms with van der Waals surface area (Å²) in [6, 6.07) is 8.38. The SMILES string of the molecule is CCCCN1C=CC=C2N=CC(c3ccc(-c4nnn[nH]4)cc3)N21. The Labute approximate surface area is 140 Å². The highest BCUT2D eigenvalue weighted by atomic mass is 15.7. The number of fused-ring (bicyclic) bond motifs is 1. The molecule has 0 saturated heterocycles. The van der Waals surface area contributed by atoms with Gasteiger partial charge in [-0.15, -0.1) is 5.10 Å². The van der Waals surface area contributed by atoms with Crippen molar-refractivity contribution in [2.75, 3.05) is 6.54 Å². The fraction of sp³-hybridized carbons (Fsp3) is 0.294. The standard InChI is InChI=1S/C17H19N7/c1-2-3-10-23-11-4-5-16-18-12-15(24(16)23)13-6-8-14(9-7-13)17-19-21-22-20-17/h4-9,11-12,15H,2-3,10H2,1H3,(H,19,20,21,22). The van der Waals surface area contributed by atoms with Crippen LogP contribution in [-0.4, -0.2) is 43.4 Å². The molecule has 122 valence electrons. The third-order valence-electron chi connectivity index (χ3n) is 4.24. The van der Waals surface area contributed by atoms with Crippen molar-refractivity contribution in [1.82, 2.24) is 30.6 Å². The molecule has 0 bridgehead atoms. The minimum absolute atomic E-state index is 0.111. The number of aromatic amines is 1. The molecule has 1 aromatic heterocycles. The predicted molar refractivity (Wildman–Crippen MR) is 91.5 cm³/mol. The molecule has 0 amide bonds. The highest BCUT2D eigenvalue weighted by Crippen LogP contribution is 2.33. The normalized spacial score (nSPS) is 18.9. The Bertz CT molecular complexity index is 774. The van der Waals surface area contributed by atoms with E-state index in [9.17, 15) is 0 Å². The number of hydrazine groups is 1. The van der Waals surface area contributed by atoms with Crippen molar-refractivity contribution in [1.29, 1.82) is 0 Å². The van der Waals surface area contributed by atoms with E-state index in [1.54, 1.807) is 0 Å². The van der Waals surface area contributed by atoms with Crippen LogP contribution in [0.15, 0.2) is 53.4 Å². The first-order valence-corrected chi connectivity index (χ1v) is 8.19. The molecule has 2 aromatic rings. The number of tetrazole rings is 1. The van der Waals surface area contributed by atoms with Gasteiger partial charge in [0, 0.05) is 24.5 Å². The van der Waals surface area contributed by atoms with Crippen molar-refractivity contribution < 1.29 is 0 Å². The maximum absolute atomic E-state index is 4.58. The molecule has 0 radical (unpaired) electrons. The highest BCUT2D eigenvalue weighted by molar-refractivity contribution is 5.72. The van der Waals surface area contributed by atoms with E-state index >= 15 is 0 Å².